The highest BCUT2D eigenvalue weighted by atomic mass is 16.5. The quantitative estimate of drug-likeness (QED) is 0.0858. The molecule has 1 unspecified atom stereocenters. The minimum Gasteiger partial charge on any atom is -0.455 e. The summed E-state index contributed by atoms with van der Waals surface area (Å²) < 4.78 is 17.3. The third kappa shape index (κ3) is 13.3. The Balaban J connectivity index is 1.15. The highest BCUT2D eigenvalue weighted by Gasteiger charge is 2.34. The molecule has 244 valence electrons. The number of esters is 1. The summed E-state index contributed by atoms with van der Waals surface area (Å²) in [5.41, 5.74) is 0.718. The summed E-state index contributed by atoms with van der Waals surface area (Å²) in [4.78, 5) is 11.8. The Bertz CT molecular complexity index is 770. The van der Waals surface area contributed by atoms with Gasteiger partial charge in [0, 0.05) is 12.0 Å². The van der Waals surface area contributed by atoms with Gasteiger partial charge in [0.15, 0.2) is 0 Å². The monoisotopic (exact) mass is 594 g/mol. The Hall–Kier alpha value is -0.990. The van der Waals surface area contributed by atoms with Crippen LogP contribution < -0.4 is 0 Å². The van der Waals surface area contributed by atoms with Crippen LogP contribution in [0.5, 0.6) is 0 Å². The second-order valence-electron chi connectivity index (χ2n) is 13.4. The first-order chi connectivity index (χ1) is 20.4. The molecule has 3 rings (SSSR count). The molecule has 2 fully saturated rings. The smallest absolute Gasteiger partial charge is 0.334 e. The van der Waals surface area contributed by atoms with Crippen molar-refractivity contribution in [2.24, 2.45) is 0 Å². The largest absolute Gasteiger partial charge is 0.455 e. The van der Waals surface area contributed by atoms with Crippen molar-refractivity contribution in [3.8, 4) is 0 Å². The highest BCUT2D eigenvalue weighted by Crippen LogP contribution is 2.31. The van der Waals surface area contributed by atoms with E-state index in [1.807, 2.05) is 13.0 Å². The maximum atomic E-state index is 11.8. The van der Waals surface area contributed by atoms with Crippen LogP contribution in [-0.4, -0.2) is 70.1 Å². The Morgan fingerprint density at radius 1 is 0.714 bits per heavy atom. The first kappa shape index (κ1) is 35.5. The molecule has 0 aromatic rings. The normalized spacial score (nSPS) is 28.2. The van der Waals surface area contributed by atoms with E-state index in [-0.39, 0.29) is 42.6 Å². The number of hydrogen-bond donors (Lipinski definition) is 3. The maximum absolute atomic E-state index is 11.8. The lowest BCUT2D eigenvalue weighted by Crippen LogP contribution is -2.31. The van der Waals surface area contributed by atoms with E-state index in [0.717, 1.165) is 69.8 Å². The molecular formula is C35H62O7. The summed E-state index contributed by atoms with van der Waals surface area (Å²) in [7, 11) is 0. The Labute approximate surface area is 255 Å². The van der Waals surface area contributed by atoms with Crippen LogP contribution in [-0.2, 0) is 19.0 Å². The fourth-order valence-electron chi connectivity index (χ4n) is 6.93. The molecule has 0 aromatic heterocycles. The van der Waals surface area contributed by atoms with Crippen LogP contribution in [0.3, 0.4) is 0 Å². The van der Waals surface area contributed by atoms with Crippen molar-refractivity contribution in [3.63, 3.8) is 0 Å². The van der Waals surface area contributed by atoms with Gasteiger partial charge in [-0.15, -0.1) is 0 Å². The third-order valence-electron chi connectivity index (χ3n) is 9.50. The molecule has 7 heteroatoms. The molecule has 0 aromatic carbocycles. The van der Waals surface area contributed by atoms with E-state index in [0.29, 0.717) is 19.3 Å². The van der Waals surface area contributed by atoms with Gasteiger partial charge < -0.3 is 29.5 Å². The minimum atomic E-state index is -0.483. The Kier molecular flexibility index (Phi) is 17.0. The molecule has 8 atom stereocenters. The van der Waals surface area contributed by atoms with Gasteiger partial charge in [0.25, 0.3) is 0 Å². The highest BCUT2D eigenvalue weighted by molar-refractivity contribution is 5.90. The molecule has 7 nitrogen and oxygen atoms in total. The van der Waals surface area contributed by atoms with Crippen LogP contribution in [0.2, 0.25) is 0 Å². The van der Waals surface area contributed by atoms with E-state index in [9.17, 15) is 20.1 Å². The first-order valence-electron chi connectivity index (χ1n) is 17.6. The lowest BCUT2D eigenvalue weighted by molar-refractivity contribution is -0.139. The predicted molar refractivity (Wildman–Crippen MR) is 166 cm³/mol. The summed E-state index contributed by atoms with van der Waals surface area (Å²) in [6.07, 6.45) is 22.9. The molecule has 42 heavy (non-hydrogen) atoms. The number of aliphatic hydroxyl groups is 3. The topological polar surface area (TPSA) is 105 Å². The van der Waals surface area contributed by atoms with E-state index in [2.05, 4.69) is 6.92 Å². The van der Waals surface area contributed by atoms with Gasteiger partial charge >= 0.3 is 5.97 Å². The number of cyclic esters (lactones) is 1. The van der Waals surface area contributed by atoms with E-state index in [1.165, 1.54) is 57.8 Å². The SMILES string of the molecule is CCCCCCCCCCCC[C@@H](O)[C@H]1CC[C@H]([C@H](O)CCCCCC(O)C[C@H]2CC[C@H](CC3=C[C@H](C)OC3=O)O2)O1. The van der Waals surface area contributed by atoms with Gasteiger partial charge in [-0.3, -0.25) is 0 Å². The zero-order valence-electron chi connectivity index (χ0n) is 26.7. The average Bonchev–Trinajstić information content (AvgIpc) is 3.70. The van der Waals surface area contributed by atoms with Gasteiger partial charge in [0.2, 0.25) is 0 Å². The summed E-state index contributed by atoms with van der Waals surface area (Å²) in [5.74, 6) is -0.226. The van der Waals surface area contributed by atoms with Crippen LogP contribution in [0.15, 0.2) is 11.6 Å². The molecule has 0 radical (unpaired) electrons. The number of hydrogen-bond acceptors (Lipinski definition) is 7. The standard InChI is InChI=1S/C35H62O7/c1-3-4-5-6-7-8-9-10-11-14-17-31(37)33-21-22-34(42-33)32(38)18-15-12-13-16-28(36)25-30-20-19-29(41-30)24-27-23-26(2)40-35(27)39/h23,26,28-34,36-38H,3-22,24-25H2,1-2H3/t26-,28?,29+,30+,31+,32+,33+,34+/m0/s1. The number of ether oxygens (including phenoxy) is 3. The maximum Gasteiger partial charge on any atom is 0.334 e. The van der Waals surface area contributed by atoms with Gasteiger partial charge in [-0.05, 0) is 64.4 Å². The lowest BCUT2D eigenvalue weighted by atomic mass is 9.99. The molecular weight excluding hydrogens is 532 g/mol. The van der Waals surface area contributed by atoms with Gasteiger partial charge in [0.1, 0.15) is 6.10 Å². The molecule has 3 aliphatic heterocycles. The van der Waals surface area contributed by atoms with Crippen LogP contribution >= 0.6 is 0 Å². The third-order valence-corrected chi connectivity index (χ3v) is 9.50. The van der Waals surface area contributed by atoms with Crippen molar-refractivity contribution in [1.82, 2.24) is 0 Å². The minimum absolute atomic E-state index is 0.0334. The van der Waals surface area contributed by atoms with Crippen LogP contribution in [0.25, 0.3) is 0 Å². The molecule has 3 N–H and O–H groups in total. The lowest BCUT2D eigenvalue weighted by Gasteiger charge is -2.22. The molecule has 0 aliphatic carbocycles. The van der Waals surface area contributed by atoms with Crippen LogP contribution in [0.4, 0.5) is 0 Å². The van der Waals surface area contributed by atoms with Gasteiger partial charge in [0.05, 0.1) is 42.7 Å². The predicted octanol–water partition coefficient (Wildman–Crippen LogP) is 7.08. The fraction of sp³-hybridized carbons (Fsp3) is 0.914. The van der Waals surface area contributed by atoms with Gasteiger partial charge in [-0.25, -0.2) is 4.79 Å². The molecule has 0 bridgehead atoms. The summed E-state index contributed by atoms with van der Waals surface area (Å²) >= 11 is 0. The molecule has 0 spiro atoms. The molecule has 0 amide bonds. The zero-order chi connectivity index (χ0) is 30.2. The molecule has 3 heterocycles. The van der Waals surface area contributed by atoms with E-state index in [1.54, 1.807) is 0 Å². The number of carbonyl (C=O) groups is 1. The van der Waals surface area contributed by atoms with Crippen molar-refractivity contribution in [2.45, 2.75) is 204 Å². The summed E-state index contributed by atoms with van der Waals surface area (Å²) in [5, 5.41) is 31.8. The van der Waals surface area contributed by atoms with Crippen molar-refractivity contribution in [3.05, 3.63) is 11.6 Å². The number of carbonyl (C=O) groups excluding carboxylic acids is 1. The number of unbranched alkanes of at least 4 members (excludes halogenated alkanes) is 11. The van der Waals surface area contributed by atoms with Crippen molar-refractivity contribution >= 4 is 5.97 Å². The second kappa shape index (κ2) is 20.1. The molecule has 0 saturated carbocycles. The van der Waals surface area contributed by atoms with Crippen LogP contribution in [0.1, 0.15) is 155 Å². The van der Waals surface area contributed by atoms with Crippen molar-refractivity contribution in [1.29, 1.82) is 0 Å². The fourth-order valence-corrected chi connectivity index (χ4v) is 6.93. The Morgan fingerprint density at radius 3 is 1.81 bits per heavy atom. The van der Waals surface area contributed by atoms with E-state index in [4.69, 9.17) is 14.2 Å². The Morgan fingerprint density at radius 2 is 1.24 bits per heavy atom. The number of rotatable bonds is 23. The van der Waals surface area contributed by atoms with E-state index < -0.39 is 12.2 Å². The second-order valence-corrected chi connectivity index (χ2v) is 13.4. The summed E-state index contributed by atoms with van der Waals surface area (Å²) in [6, 6.07) is 0. The van der Waals surface area contributed by atoms with Gasteiger partial charge in [-0.1, -0.05) is 90.4 Å². The summed E-state index contributed by atoms with van der Waals surface area (Å²) in [6.45, 7) is 4.12. The van der Waals surface area contributed by atoms with Crippen molar-refractivity contribution < 1.29 is 34.3 Å². The molecule has 3 aliphatic rings. The first-order valence-corrected chi connectivity index (χ1v) is 17.6. The van der Waals surface area contributed by atoms with E-state index >= 15 is 0 Å². The van der Waals surface area contributed by atoms with Crippen molar-refractivity contribution in [2.75, 3.05) is 0 Å². The average molecular weight is 595 g/mol. The van der Waals surface area contributed by atoms with Gasteiger partial charge in [-0.2, -0.15) is 0 Å². The van der Waals surface area contributed by atoms with Crippen LogP contribution in [0, 0.1) is 0 Å². The number of aliphatic hydroxyl groups excluding tert-OH is 3. The molecule has 2 saturated heterocycles. The zero-order valence-corrected chi connectivity index (χ0v) is 26.7.